The van der Waals surface area contributed by atoms with E-state index in [1.54, 1.807) is 0 Å². The summed E-state index contributed by atoms with van der Waals surface area (Å²) in [5.74, 6) is 0. The fraction of sp³-hybridized carbons (Fsp3) is 0. The van der Waals surface area contributed by atoms with Gasteiger partial charge in [-0.15, -0.1) is 0 Å². The Labute approximate surface area is 290 Å². The first kappa shape index (κ1) is 28.4. The van der Waals surface area contributed by atoms with Crippen LogP contribution in [0.15, 0.2) is 194 Å². The van der Waals surface area contributed by atoms with Gasteiger partial charge in [-0.3, -0.25) is 0 Å². The van der Waals surface area contributed by atoms with Crippen LogP contribution in [0, 0.1) is 0 Å². The van der Waals surface area contributed by atoms with Crippen LogP contribution in [-0.4, -0.2) is 4.57 Å². The van der Waals surface area contributed by atoms with Gasteiger partial charge < -0.3 is 9.47 Å². The molecule has 0 aliphatic carbocycles. The standard InChI is InChI=1S/C48H32N2/c1-2-11-33(12-3-1)36-16-10-17-41(29-36)49(42-24-23-35-22-21-34-13-6-7-18-43(34)45(35)32-42)39-25-27-40(28-26-39)50-47-20-9-8-19-44(47)46-30-37-14-4-5-15-38(37)31-48(46)50/h1-32H. The van der Waals surface area contributed by atoms with Crippen LogP contribution in [0.3, 0.4) is 0 Å². The van der Waals surface area contributed by atoms with Crippen molar-refractivity contribution in [3.05, 3.63) is 194 Å². The number of rotatable bonds is 5. The van der Waals surface area contributed by atoms with Crippen LogP contribution in [0.5, 0.6) is 0 Å². The predicted octanol–water partition coefficient (Wildman–Crippen LogP) is 13.4. The van der Waals surface area contributed by atoms with Crippen LogP contribution in [0.1, 0.15) is 0 Å². The largest absolute Gasteiger partial charge is 0.310 e. The molecule has 0 spiro atoms. The minimum atomic E-state index is 1.10. The summed E-state index contributed by atoms with van der Waals surface area (Å²) in [5.41, 5.74) is 9.28. The fourth-order valence-corrected chi connectivity index (χ4v) is 7.72. The molecule has 2 heteroatoms. The van der Waals surface area contributed by atoms with Gasteiger partial charge in [0.25, 0.3) is 0 Å². The van der Waals surface area contributed by atoms with E-state index in [-0.39, 0.29) is 0 Å². The Kier molecular flexibility index (Phi) is 6.53. The summed E-state index contributed by atoms with van der Waals surface area (Å²) in [6.07, 6.45) is 0. The molecule has 234 valence electrons. The van der Waals surface area contributed by atoms with E-state index in [9.17, 15) is 0 Å². The summed E-state index contributed by atoms with van der Waals surface area (Å²) < 4.78 is 2.41. The molecule has 0 saturated carbocycles. The number of aromatic nitrogens is 1. The predicted molar refractivity (Wildman–Crippen MR) is 213 cm³/mol. The first-order valence-electron chi connectivity index (χ1n) is 17.2. The first-order valence-corrected chi connectivity index (χ1v) is 17.2. The van der Waals surface area contributed by atoms with Crippen molar-refractivity contribution in [2.75, 3.05) is 4.90 Å². The van der Waals surface area contributed by atoms with Crippen molar-refractivity contribution in [1.29, 1.82) is 0 Å². The van der Waals surface area contributed by atoms with Crippen LogP contribution in [0.2, 0.25) is 0 Å². The zero-order chi connectivity index (χ0) is 33.0. The maximum atomic E-state index is 2.41. The summed E-state index contributed by atoms with van der Waals surface area (Å²) in [6.45, 7) is 0. The fourth-order valence-electron chi connectivity index (χ4n) is 7.72. The van der Waals surface area contributed by atoms with Gasteiger partial charge in [0.05, 0.1) is 11.0 Å². The molecule has 1 aromatic heterocycles. The van der Waals surface area contributed by atoms with E-state index in [0.717, 1.165) is 22.7 Å². The molecular formula is C48H32N2. The van der Waals surface area contributed by atoms with Crippen molar-refractivity contribution in [3.63, 3.8) is 0 Å². The highest BCUT2D eigenvalue weighted by molar-refractivity contribution is 6.14. The first-order chi connectivity index (χ1) is 24.8. The molecule has 0 radical (unpaired) electrons. The van der Waals surface area contributed by atoms with Crippen molar-refractivity contribution in [2.24, 2.45) is 0 Å². The van der Waals surface area contributed by atoms with Crippen LogP contribution in [0.4, 0.5) is 17.1 Å². The van der Waals surface area contributed by atoms with E-state index < -0.39 is 0 Å². The Morgan fingerprint density at radius 3 is 1.72 bits per heavy atom. The van der Waals surface area contributed by atoms with Crippen molar-refractivity contribution in [1.82, 2.24) is 4.57 Å². The maximum absolute atomic E-state index is 2.41. The zero-order valence-electron chi connectivity index (χ0n) is 27.4. The van der Waals surface area contributed by atoms with E-state index in [1.807, 2.05) is 0 Å². The van der Waals surface area contributed by atoms with Crippen LogP contribution < -0.4 is 4.90 Å². The molecule has 0 aliphatic rings. The minimum absolute atomic E-state index is 1.10. The van der Waals surface area contributed by atoms with E-state index in [0.29, 0.717) is 0 Å². The molecule has 10 aromatic rings. The lowest BCUT2D eigenvalue weighted by Crippen LogP contribution is -2.10. The Balaban J connectivity index is 1.16. The molecule has 0 amide bonds. The molecule has 1 heterocycles. The number of hydrogen-bond acceptors (Lipinski definition) is 1. The van der Waals surface area contributed by atoms with Crippen LogP contribution in [-0.2, 0) is 0 Å². The third-order valence-electron chi connectivity index (χ3n) is 10.1. The molecule has 2 nitrogen and oxygen atoms in total. The maximum Gasteiger partial charge on any atom is 0.0547 e. The normalized spacial score (nSPS) is 11.6. The molecule has 0 aliphatic heterocycles. The highest BCUT2D eigenvalue weighted by Gasteiger charge is 2.17. The second-order valence-corrected chi connectivity index (χ2v) is 13.0. The summed E-state index contributed by atoms with van der Waals surface area (Å²) in [5, 5.41) is 10.0. The Morgan fingerprint density at radius 1 is 0.300 bits per heavy atom. The van der Waals surface area contributed by atoms with Gasteiger partial charge in [-0.05, 0) is 110 Å². The second kappa shape index (κ2) is 11.5. The zero-order valence-corrected chi connectivity index (χ0v) is 27.4. The molecule has 50 heavy (non-hydrogen) atoms. The Hall–Kier alpha value is -6.64. The molecule has 0 unspecified atom stereocenters. The van der Waals surface area contributed by atoms with Gasteiger partial charge in [0.1, 0.15) is 0 Å². The van der Waals surface area contributed by atoms with Gasteiger partial charge in [-0.2, -0.15) is 0 Å². The summed E-state index contributed by atoms with van der Waals surface area (Å²) in [7, 11) is 0. The summed E-state index contributed by atoms with van der Waals surface area (Å²) in [6, 6.07) is 70.6. The van der Waals surface area contributed by atoms with Crippen molar-refractivity contribution in [2.45, 2.75) is 0 Å². The lowest BCUT2D eigenvalue weighted by atomic mass is 10.0. The monoisotopic (exact) mass is 636 g/mol. The Morgan fingerprint density at radius 2 is 0.900 bits per heavy atom. The lowest BCUT2D eigenvalue weighted by Gasteiger charge is -2.27. The number of benzene rings is 9. The van der Waals surface area contributed by atoms with E-state index in [1.165, 1.54) is 65.3 Å². The van der Waals surface area contributed by atoms with E-state index >= 15 is 0 Å². The van der Waals surface area contributed by atoms with Crippen LogP contribution in [0.25, 0.3) is 70.9 Å². The highest BCUT2D eigenvalue weighted by atomic mass is 15.1. The van der Waals surface area contributed by atoms with Crippen molar-refractivity contribution >= 4 is 71.2 Å². The smallest absolute Gasteiger partial charge is 0.0547 e. The average molecular weight is 637 g/mol. The molecule has 0 bridgehead atoms. The molecule has 9 aromatic carbocycles. The topological polar surface area (TPSA) is 8.17 Å². The van der Waals surface area contributed by atoms with Gasteiger partial charge in [-0.25, -0.2) is 0 Å². The number of para-hydroxylation sites is 1. The number of nitrogens with zero attached hydrogens (tertiary/aromatic N) is 2. The third-order valence-corrected chi connectivity index (χ3v) is 10.1. The van der Waals surface area contributed by atoms with E-state index in [4.69, 9.17) is 0 Å². The van der Waals surface area contributed by atoms with E-state index in [2.05, 4.69) is 204 Å². The quantitative estimate of drug-likeness (QED) is 0.171. The van der Waals surface area contributed by atoms with Crippen molar-refractivity contribution < 1.29 is 0 Å². The number of anilines is 3. The van der Waals surface area contributed by atoms with Crippen molar-refractivity contribution in [3.8, 4) is 16.8 Å². The highest BCUT2D eigenvalue weighted by Crippen LogP contribution is 2.40. The Bertz CT molecular complexity index is 2860. The van der Waals surface area contributed by atoms with Gasteiger partial charge in [-0.1, -0.05) is 127 Å². The molecule has 0 fully saturated rings. The van der Waals surface area contributed by atoms with Gasteiger partial charge in [0, 0.05) is 33.5 Å². The van der Waals surface area contributed by atoms with Crippen LogP contribution >= 0.6 is 0 Å². The van der Waals surface area contributed by atoms with Gasteiger partial charge in [0.15, 0.2) is 0 Å². The minimum Gasteiger partial charge on any atom is -0.310 e. The second-order valence-electron chi connectivity index (χ2n) is 13.0. The average Bonchev–Trinajstić information content (AvgIpc) is 3.51. The molecule has 0 saturated heterocycles. The van der Waals surface area contributed by atoms with Gasteiger partial charge in [0.2, 0.25) is 0 Å². The summed E-state index contributed by atoms with van der Waals surface area (Å²) in [4.78, 5) is 2.39. The number of fused-ring (bicyclic) bond motifs is 7. The molecular weight excluding hydrogens is 605 g/mol. The SMILES string of the molecule is c1ccc(-c2cccc(N(c3ccc(-n4c5ccccc5c5cc6ccccc6cc54)cc3)c3ccc4ccc5ccccc5c4c3)c2)cc1. The molecule has 0 atom stereocenters. The number of hydrogen-bond donors (Lipinski definition) is 0. The summed E-state index contributed by atoms with van der Waals surface area (Å²) >= 11 is 0. The molecule has 0 N–H and O–H groups in total. The third kappa shape index (κ3) is 4.65. The van der Waals surface area contributed by atoms with Gasteiger partial charge >= 0.3 is 0 Å². The molecule has 10 rings (SSSR count). The lowest BCUT2D eigenvalue weighted by molar-refractivity contribution is 1.17.